The molecule has 1 heterocycles. The molecule has 0 fully saturated rings. The summed E-state index contributed by atoms with van der Waals surface area (Å²) in [5, 5.41) is 0. The van der Waals surface area contributed by atoms with Crippen LogP contribution in [0.2, 0.25) is 0 Å². The standard InChI is InChI=1S/C17H20N2O2/c1-13(15-7-9-18-10-8-15)19(2)12-14-5-4-6-16(11-14)17(20)21-3/h4-11,13H,12H2,1-3H3/t13-/m1/s1. The first-order valence-electron chi connectivity index (χ1n) is 6.89. The SMILES string of the molecule is COC(=O)c1cccc(CN(C)[C@H](C)c2ccncc2)c1. The number of hydrogen-bond acceptors (Lipinski definition) is 4. The molecule has 0 aliphatic rings. The molecule has 0 aliphatic carbocycles. The Morgan fingerprint density at radius 3 is 2.67 bits per heavy atom. The van der Waals surface area contributed by atoms with Gasteiger partial charge < -0.3 is 4.74 Å². The summed E-state index contributed by atoms with van der Waals surface area (Å²) in [5.41, 5.74) is 2.89. The number of nitrogens with zero attached hydrogens (tertiary/aromatic N) is 2. The van der Waals surface area contributed by atoms with E-state index in [2.05, 4.69) is 23.9 Å². The maximum Gasteiger partial charge on any atom is 0.337 e. The zero-order valence-corrected chi connectivity index (χ0v) is 12.6. The molecule has 0 aliphatic heterocycles. The van der Waals surface area contributed by atoms with Gasteiger partial charge in [-0.05, 0) is 49.4 Å². The molecule has 0 N–H and O–H groups in total. The molecule has 1 aromatic heterocycles. The number of methoxy groups -OCH3 is 1. The average molecular weight is 284 g/mol. The highest BCUT2D eigenvalue weighted by atomic mass is 16.5. The summed E-state index contributed by atoms with van der Waals surface area (Å²) in [6.45, 7) is 2.91. The van der Waals surface area contributed by atoms with Gasteiger partial charge in [0.2, 0.25) is 0 Å². The number of ether oxygens (including phenoxy) is 1. The van der Waals surface area contributed by atoms with Crippen molar-refractivity contribution >= 4 is 5.97 Å². The Labute approximate surface area is 125 Å². The summed E-state index contributed by atoms with van der Waals surface area (Å²) in [6, 6.07) is 11.9. The van der Waals surface area contributed by atoms with E-state index < -0.39 is 0 Å². The molecular weight excluding hydrogens is 264 g/mol. The smallest absolute Gasteiger partial charge is 0.337 e. The summed E-state index contributed by atoms with van der Waals surface area (Å²) in [5.74, 6) is -0.304. The first kappa shape index (κ1) is 15.2. The Balaban J connectivity index is 2.09. The van der Waals surface area contributed by atoms with Crippen LogP contribution in [0.1, 0.15) is 34.5 Å². The normalized spacial score (nSPS) is 12.2. The van der Waals surface area contributed by atoms with E-state index in [1.54, 1.807) is 18.5 Å². The molecule has 0 bridgehead atoms. The van der Waals surface area contributed by atoms with Gasteiger partial charge in [-0.25, -0.2) is 4.79 Å². The van der Waals surface area contributed by atoms with E-state index in [9.17, 15) is 4.79 Å². The molecule has 4 heteroatoms. The van der Waals surface area contributed by atoms with E-state index in [1.165, 1.54) is 12.7 Å². The fourth-order valence-corrected chi connectivity index (χ4v) is 2.24. The Hall–Kier alpha value is -2.20. The van der Waals surface area contributed by atoms with Crippen LogP contribution in [0, 0.1) is 0 Å². The van der Waals surface area contributed by atoms with Gasteiger partial charge in [0.15, 0.2) is 0 Å². The van der Waals surface area contributed by atoms with E-state index >= 15 is 0 Å². The lowest BCUT2D eigenvalue weighted by molar-refractivity contribution is 0.0600. The summed E-state index contributed by atoms with van der Waals surface area (Å²) < 4.78 is 4.75. The number of esters is 1. The molecular formula is C17H20N2O2. The molecule has 0 saturated heterocycles. The van der Waals surface area contributed by atoms with Gasteiger partial charge in [0.25, 0.3) is 0 Å². The lowest BCUT2D eigenvalue weighted by atomic mass is 10.1. The van der Waals surface area contributed by atoms with Crippen LogP contribution in [0.3, 0.4) is 0 Å². The summed E-state index contributed by atoms with van der Waals surface area (Å²) in [6.07, 6.45) is 3.61. The number of carbonyl (C=O) groups is 1. The highest BCUT2D eigenvalue weighted by molar-refractivity contribution is 5.89. The van der Waals surface area contributed by atoms with Crippen LogP contribution in [0.15, 0.2) is 48.8 Å². The number of benzene rings is 1. The molecule has 0 amide bonds. The van der Waals surface area contributed by atoms with Gasteiger partial charge in [-0.2, -0.15) is 0 Å². The van der Waals surface area contributed by atoms with Crippen LogP contribution >= 0.6 is 0 Å². The highest BCUT2D eigenvalue weighted by Crippen LogP contribution is 2.20. The van der Waals surface area contributed by atoms with Crippen molar-refractivity contribution in [3.63, 3.8) is 0 Å². The molecule has 1 atom stereocenters. The van der Waals surface area contributed by atoms with Crippen molar-refractivity contribution in [2.75, 3.05) is 14.2 Å². The second kappa shape index (κ2) is 6.99. The Bertz CT molecular complexity index is 599. The third kappa shape index (κ3) is 3.89. The fraction of sp³-hybridized carbons (Fsp3) is 0.294. The van der Waals surface area contributed by atoms with Gasteiger partial charge in [-0.1, -0.05) is 12.1 Å². The molecule has 110 valence electrons. The van der Waals surface area contributed by atoms with E-state index in [4.69, 9.17) is 4.74 Å². The summed E-state index contributed by atoms with van der Waals surface area (Å²) >= 11 is 0. The molecule has 0 unspecified atom stereocenters. The van der Waals surface area contributed by atoms with Crippen LogP contribution in [0.25, 0.3) is 0 Å². The minimum absolute atomic E-state index is 0.273. The number of aromatic nitrogens is 1. The Kier molecular flexibility index (Phi) is 5.06. The Morgan fingerprint density at radius 1 is 1.29 bits per heavy atom. The first-order valence-corrected chi connectivity index (χ1v) is 6.89. The van der Waals surface area contributed by atoms with Crippen molar-refractivity contribution in [2.24, 2.45) is 0 Å². The van der Waals surface area contributed by atoms with Crippen molar-refractivity contribution in [1.82, 2.24) is 9.88 Å². The monoisotopic (exact) mass is 284 g/mol. The van der Waals surface area contributed by atoms with Gasteiger partial charge in [0.1, 0.15) is 0 Å². The third-order valence-electron chi connectivity index (χ3n) is 3.63. The largest absolute Gasteiger partial charge is 0.465 e. The van der Waals surface area contributed by atoms with Crippen LogP contribution in [-0.4, -0.2) is 30.0 Å². The van der Waals surface area contributed by atoms with Crippen molar-refractivity contribution in [1.29, 1.82) is 0 Å². The molecule has 1 aromatic carbocycles. The van der Waals surface area contributed by atoms with Crippen LogP contribution in [0.4, 0.5) is 0 Å². The van der Waals surface area contributed by atoms with E-state index in [0.717, 1.165) is 12.1 Å². The molecule has 21 heavy (non-hydrogen) atoms. The number of rotatable bonds is 5. The van der Waals surface area contributed by atoms with E-state index in [1.807, 2.05) is 30.3 Å². The Morgan fingerprint density at radius 2 is 2.00 bits per heavy atom. The second-order valence-corrected chi connectivity index (χ2v) is 5.06. The lowest BCUT2D eigenvalue weighted by Gasteiger charge is -2.25. The molecule has 0 saturated carbocycles. The number of hydrogen-bond donors (Lipinski definition) is 0. The van der Waals surface area contributed by atoms with Crippen LogP contribution in [-0.2, 0) is 11.3 Å². The van der Waals surface area contributed by atoms with Crippen LogP contribution < -0.4 is 0 Å². The van der Waals surface area contributed by atoms with Crippen molar-refractivity contribution in [3.05, 3.63) is 65.5 Å². The van der Waals surface area contributed by atoms with Crippen molar-refractivity contribution in [2.45, 2.75) is 19.5 Å². The minimum Gasteiger partial charge on any atom is -0.465 e. The number of carbonyl (C=O) groups excluding carboxylic acids is 1. The maximum absolute atomic E-state index is 11.6. The number of pyridine rings is 1. The lowest BCUT2D eigenvalue weighted by Crippen LogP contribution is -2.22. The van der Waals surface area contributed by atoms with E-state index in [0.29, 0.717) is 5.56 Å². The average Bonchev–Trinajstić information content (AvgIpc) is 2.54. The molecule has 0 spiro atoms. The predicted molar refractivity (Wildman–Crippen MR) is 81.9 cm³/mol. The van der Waals surface area contributed by atoms with Crippen molar-refractivity contribution < 1.29 is 9.53 Å². The molecule has 2 aromatic rings. The summed E-state index contributed by atoms with van der Waals surface area (Å²) in [7, 11) is 3.46. The van der Waals surface area contributed by atoms with Gasteiger partial charge >= 0.3 is 5.97 Å². The van der Waals surface area contributed by atoms with Gasteiger partial charge in [-0.3, -0.25) is 9.88 Å². The topological polar surface area (TPSA) is 42.4 Å². The molecule has 2 rings (SSSR count). The second-order valence-electron chi connectivity index (χ2n) is 5.06. The summed E-state index contributed by atoms with van der Waals surface area (Å²) in [4.78, 5) is 17.8. The van der Waals surface area contributed by atoms with Gasteiger partial charge in [-0.15, -0.1) is 0 Å². The zero-order valence-electron chi connectivity index (χ0n) is 12.6. The third-order valence-corrected chi connectivity index (χ3v) is 3.63. The van der Waals surface area contributed by atoms with E-state index in [-0.39, 0.29) is 12.0 Å². The fourth-order valence-electron chi connectivity index (χ4n) is 2.24. The molecule has 4 nitrogen and oxygen atoms in total. The highest BCUT2D eigenvalue weighted by Gasteiger charge is 2.13. The predicted octanol–water partition coefficient (Wildman–Crippen LogP) is 3.06. The van der Waals surface area contributed by atoms with Crippen molar-refractivity contribution in [3.8, 4) is 0 Å². The molecule has 0 radical (unpaired) electrons. The minimum atomic E-state index is -0.304. The maximum atomic E-state index is 11.6. The van der Waals surface area contributed by atoms with Gasteiger partial charge in [0.05, 0.1) is 12.7 Å². The van der Waals surface area contributed by atoms with Gasteiger partial charge in [0, 0.05) is 25.0 Å². The van der Waals surface area contributed by atoms with Crippen LogP contribution in [0.5, 0.6) is 0 Å². The quantitative estimate of drug-likeness (QED) is 0.791. The zero-order chi connectivity index (χ0) is 15.2. The first-order chi connectivity index (χ1) is 10.1.